The van der Waals surface area contributed by atoms with Gasteiger partial charge in [-0.1, -0.05) is 6.92 Å². The Labute approximate surface area is 115 Å². The molecule has 2 aromatic heterocycles. The summed E-state index contributed by atoms with van der Waals surface area (Å²) in [4.78, 5) is 30.5. The molecular formula is C13H17N3O4. The summed E-state index contributed by atoms with van der Waals surface area (Å²) in [6.45, 7) is 5.40. The number of nitrogens with zero attached hydrogens (tertiary/aromatic N) is 2. The topological polar surface area (TPSA) is 97.2 Å². The lowest BCUT2D eigenvalue weighted by Gasteiger charge is -2.09. The van der Waals surface area contributed by atoms with E-state index in [1.165, 1.54) is 4.57 Å². The van der Waals surface area contributed by atoms with Crippen molar-refractivity contribution in [2.24, 2.45) is 7.05 Å². The van der Waals surface area contributed by atoms with Crippen LogP contribution in [0.4, 0.5) is 0 Å². The molecule has 0 atom stereocenters. The Balaban J connectivity index is 2.90. The lowest BCUT2D eigenvalue weighted by molar-refractivity contribution is 0.0680. The molecule has 2 aromatic rings. The highest BCUT2D eigenvalue weighted by atomic mass is 16.5. The van der Waals surface area contributed by atoms with Crippen LogP contribution in [0.5, 0.6) is 5.75 Å². The van der Waals surface area contributed by atoms with Crippen molar-refractivity contribution in [3.63, 3.8) is 0 Å². The van der Waals surface area contributed by atoms with Gasteiger partial charge in [-0.25, -0.2) is 9.78 Å². The molecule has 0 saturated carbocycles. The molecule has 0 amide bonds. The summed E-state index contributed by atoms with van der Waals surface area (Å²) in [5, 5.41) is 9.51. The van der Waals surface area contributed by atoms with Gasteiger partial charge in [-0.05, 0) is 13.8 Å². The first-order valence-electron chi connectivity index (χ1n) is 6.38. The molecule has 7 nitrogen and oxygen atoms in total. The Morgan fingerprint density at radius 1 is 1.50 bits per heavy atom. The van der Waals surface area contributed by atoms with E-state index in [0.29, 0.717) is 17.9 Å². The molecule has 2 rings (SSSR count). The number of aromatic nitrogens is 3. The number of rotatable bonds is 4. The molecule has 7 heteroatoms. The van der Waals surface area contributed by atoms with Crippen LogP contribution in [0, 0.1) is 0 Å². The van der Waals surface area contributed by atoms with Gasteiger partial charge < -0.3 is 19.4 Å². The first kappa shape index (κ1) is 14.1. The minimum Gasteiger partial charge on any atom is -0.488 e. The van der Waals surface area contributed by atoms with Crippen molar-refractivity contribution in [2.45, 2.75) is 33.3 Å². The molecule has 0 radical (unpaired) electrons. The number of ether oxygens (including phenoxy) is 1. The van der Waals surface area contributed by atoms with E-state index in [1.807, 2.05) is 6.92 Å². The summed E-state index contributed by atoms with van der Waals surface area (Å²) in [6, 6.07) is 0. The number of aromatic carboxylic acids is 1. The van der Waals surface area contributed by atoms with E-state index in [0.717, 1.165) is 0 Å². The van der Waals surface area contributed by atoms with Gasteiger partial charge in [-0.3, -0.25) is 4.79 Å². The number of aryl methyl sites for hydroxylation is 2. The van der Waals surface area contributed by atoms with E-state index in [9.17, 15) is 14.7 Å². The number of nitrogens with one attached hydrogen (secondary N) is 1. The Bertz CT molecular complexity index is 727. The van der Waals surface area contributed by atoms with Crippen molar-refractivity contribution in [1.29, 1.82) is 0 Å². The second-order valence-electron chi connectivity index (χ2n) is 4.77. The van der Waals surface area contributed by atoms with Crippen LogP contribution in [0.2, 0.25) is 0 Å². The van der Waals surface area contributed by atoms with E-state index < -0.39 is 5.97 Å². The standard InChI is InChI=1S/C13H17N3O4/c1-5-7-14-11-8(12(17)15-7)10(20-6(2)3)9(13(18)19)16(11)4/h6H,5H2,1-4H3,(H,18,19)(H,14,15,17). The van der Waals surface area contributed by atoms with Crippen molar-refractivity contribution < 1.29 is 14.6 Å². The van der Waals surface area contributed by atoms with Gasteiger partial charge in [0.15, 0.2) is 17.1 Å². The number of H-pyrrole nitrogens is 1. The second-order valence-corrected chi connectivity index (χ2v) is 4.77. The largest absolute Gasteiger partial charge is 0.488 e. The highest BCUT2D eigenvalue weighted by Gasteiger charge is 2.26. The number of hydrogen-bond acceptors (Lipinski definition) is 4. The molecule has 108 valence electrons. The third kappa shape index (κ3) is 2.15. The summed E-state index contributed by atoms with van der Waals surface area (Å²) in [5.74, 6) is -0.573. The molecule has 0 aliphatic carbocycles. The molecule has 0 aliphatic heterocycles. The lowest BCUT2D eigenvalue weighted by Crippen LogP contribution is -2.14. The molecule has 2 N–H and O–H groups in total. The van der Waals surface area contributed by atoms with Gasteiger partial charge in [-0.15, -0.1) is 0 Å². The van der Waals surface area contributed by atoms with Gasteiger partial charge in [0.1, 0.15) is 11.2 Å². The number of aromatic amines is 1. The normalized spacial score (nSPS) is 11.2. The lowest BCUT2D eigenvalue weighted by atomic mass is 10.3. The molecule has 0 aromatic carbocycles. The van der Waals surface area contributed by atoms with Crippen LogP contribution >= 0.6 is 0 Å². The van der Waals surface area contributed by atoms with Crippen molar-refractivity contribution in [3.05, 3.63) is 21.9 Å². The summed E-state index contributed by atoms with van der Waals surface area (Å²) >= 11 is 0. The monoisotopic (exact) mass is 279 g/mol. The summed E-state index contributed by atoms with van der Waals surface area (Å²) in [6.07, 6.45) is 0.308. The van der Waals surface area contributed by atoms with Crippen LogP contribution in [0.1, 0.15) is 37.1 Å². The molecule has 0 bridgehead atoms. The van der Waals surface area contributed by atoms with Crippen LogP contribution in [-0.2, 0) is 13.5 Å². The van der Waals surface area contributed by atoms with Gasteiger partial charge in [0.25, 0.3) is 5.56 Å². The zero-order valence-electron chi connectivity index (χ0n) is 11.9. The smallest absolute Gasteiger partial charge is 0.356 e. The predicted molar refractivity (Wildman–Crippen MR) is 73.4 cm³/mol. The Morgan fingerprint density at radius 2 is 2.15 bits per heavy atom. The second kappa shape index (κ2) is 4.99. The van der Waals surface area contributed by atoms with Crippen LogP contribution in [0.15, 0.2) is 4.79 Å². The maximum Gasteiger partial charge on any atom is 0.356 e. The first-order chi connectivity index (χ1) is 9.36. The van der Waals surface area contributed by atoms with Crippen LogP contribution in [-0.4, -0.2) is 31.7 Å². The van der Waals surface area contributed by atoms with Gasteiger partial charge >= 0.3 is 5.97 Å². The van der Waals surface area contributed by atoms with Crippen LogP contribution in [0.25, 0.3) is 11.0 Å². The molecular weight excluding hydrogens is 262 g/mol. The predicted octanol–water partition coefficient (Wildman–Crippen LogP) is 1.31. The Kier molecular flexibility index (Phi) is 3.52. The number of carboxylic acid groups (broad SMARTS) is 1. The number of hydrogen-bond donors (Lipinski definition) is 2. The molecule has 0 unspecified atom stereocenters. The zero-order chi connectivity index (χ0) is 15.0. The molecule has 0 aliphatic rings. The summed E-state index contributed by atoms with van der Waals surface area (Å²) < 4.78 is 6.91. The Morgan fingerprint density at radius 3 is 2.65 bits per heavy atom. The average Bonchev–Trinajstić information content (AvgIpc) is 2.62. The molecule has 0 spiro atoms. The van der Waals surface area contributed by atoms with Gasteiger partial charge in [0.05, 0.1) is 6.10 Å². The number of carboxylic acids is 1. The zero-order valence-corrected chi connectivity index (χ0v) is 11.9. The molecule has 20 heavy (non-hydrogen) atoms. The average molecular weight is 279 g/mol. The van der Waals surface area contributed by atoms with Crippen molar-refractivity contribution in [1.82, 2.24) is 14.5 Å². The van der Waals surface area contributed by atoms with Gasteiger partial charge in [-0.2, -0.15) is 0 Å². The minimum atomic E-state index is -1.15. The minimum absolute atomic E-state index is 0.0695. The van der Waals surface area contributed by atoms with E-state index >= 15 is 0 Å². The third-order valence-electron chi connectivity index (χ3n) is 2.94. The van der Waals surface area contributed by atoms with Crippen molar-refractivity contribution in [3.8, 4) is 5.75 Å². The highest BCUT2D eigenvalue weighted by molar-refractivity contribution is 5.99. The molecule has 2 heterocycles. The van der Waals surface area contributed by atoms with Crippen molar-refractivity contribution >= 4 is 17.0 Å². The fourth-order valence-electron chi connectivity index (χ4n) is 2.09. The van der Waals surface area contributed by atoms with Gasteiger partial charge in [0.2, 0.25) is 0 Å². The first-order valence-corrected chi connectivity index (χ1v) is 6.38. The van der Waals surface area contributed by atoms with Crippen molar-refractivity contribution in [2.75, 3.05) is 0 Å². The van der Waals surface area contributed by atoms with Gasteiger partial charge in [0, 0.05) is 13.5 Å². The quantitative estimate of drug-likeness (QED) is 0.879. The van der Waals surface area contributed by atoms with Crippen LogP contribution < -0.4 is 10.3 Å². The maximum atomic E-state index is 12.2. The number of fused-ring (bicyclic) bond motifs is 1. The molecule has 0 saturated heterocycles. The van der Waals surface area contributed by atoms with E-state index in [1.54, 1.807) is 20.9 Å². The molecule has 0 fully saturated rings. The fourth-order valence-corrected chi connectivity index (χ4v) is 2.09. The number of carbonyl (C=O) groups is 1. The Hall–Kier alpha value is -2.31. The SMILES string of the molecule is CCc1nc2c(c(OC(C)C)c(C(=O)O)n2C)c(=O)[nH]1. The highest BCUT2D eigenvalue weighted by Crippen LogP contribution is 2.30. The van der Waals surface area contributed by atoms with E-state index in [4.69, 9.17) is 4.74 Å². The van der Waals surface area contributed by atoms with E-state index in [-0.39, 0.29) is 28.5 Å². The van der Waals surface area contributed by atoms with Crippen LogP contribution in [0.3, 0.4) is 0 Å². The third-order valence-corrected chi connectivity index (χ3v) is 2.94. The summed E-state index contributed by atoms with van der Waals surface area (Å²) in [5.41, 5.74) is -0.135. The maximum absolute atomic E-state index is 12.2. The summed E-state index contributed by atoms with van der Waals surface area (Å²) in [7, 11) is 1.56. The fraction of sp³-hybridized carbons (Fsp3) is 0.462. The van der Waals surface area contributed by atoms with E-state index in [2.05, 4.69) is 9.97 Å².